The van der Waals surface area contributed by atoms with E-state index in [0.717, 1.165) is 12.8 Å². The molecule has 1 unspecified atom stereocenters. The van der Waals surface area contributed by atoms with Crippen LogP contribution in [0.1, 0.15) is 47.8 Å². The normalized spacial score (nSPS) is 17.0. The van der Waals surface area contributed by atoms with Gasteiger partial charge in [-0.05, 0) is 31.9 Å². The molecule has 1 aliphatic rings. The Balaban J connectivity index is 1.72. The molecule has 8 nitrogen and oxygen atoms in total. The van der Waals surface area contributed by atoms with E-state index in [1.165, 1.54) is 0 Å². The van der Waals surface area contributed by atoms with Crippen LogP contribution in [-0.4, -0.2) is 54.9 Å². The largest absolute Gasteiger partial charge is 0.497 e. The van der Waals surface area contributed by atoms with Crippen LogP contribution >= 0.6 is 0 Å². The molecule has 0 N–H and O–H groups in total. The number of methoxy groups -OCH3 is 2. The van der Waals surface area contributed by atoms with Crippen molar-refractivity contribution >= 4 is 5.91 Å². The number of hydrogen-bond acceptors (Lipinski definition) is 7. The van der Waals surface area contributed by atoms with Gasteiger partial charge in [-0.25, -0.2) is 0 Å². The third-order valence-corrected chi connectivity index (χ3v) is 4.63. The summed E-state index contributed by atoms with van der Waals surface area (Å²) >= 11 is 0. The molecule has 1 aromatic heterocycles. The third kappa shape index (κ3) is 4.39. The zero-order valence-corrected chi connectivity index (χ0v) is 15.9. The summed E-state index contributed by atoms with van der Waals surface area (Å²) in [7, 11) is 3.12. The second-order valence-electron chi connectivity index (χ2n) is 6.34. The summed E-state index contributed by atoms with van der Waals surface area (Å²) < 4.78 is 21.1. The Labute approximate surface area is 158 Å². The Hall–Kier alpha value is -2.61. The zero-order valence-electron chi connectivity index (χ0n) is 15.9. The number of hydrogen-bond donors (Lipinski definition) is 0. The van der Waals surface area contributed by atoms with Crippen molar-refractivity contribution in [2.24, 2.45) is 0 Å². The summed E-state index contributed by atoms with van der Waals surface area (Å²) in [5, 5.41) is 4.07. The molecule has 0 spiro atoms. The lowest BCUT2D eigenvalue weighted by atomic mass is 9.96. The van der Waals surface area contributed by atoms with Crippen LogP contribution in [-0.2, 0) is 11.3 Å². The molecule has 0 aliphatic carbocycles. The molecular formula is C19H25N3O5. The Morgan fingerprint density at radius 1 is 1.33 bits per heavy atom. The summed E-state index contributed by atoms with van der Waals surface area (Å²) in [6.45, 7) is 4.04. The van der Waals surface area contributed by atoms with E-state index in [4.69, 9.17) is 18.7 Å². The van der Waals surface area contributed by atoms with E-state index in [9.17, 15) is 4.79 Å². The summed E-state index contributed by atoms with van der Waals surface area (Å²) in [4.78, 5) is 19.3. The molecular weight excluding hydrogens is 350 g/mol. The number of ether oxygens (including phenoxy) is 3. The Morgan fingerprint density at radius 3 is 2.93 bits per heavy atom. The van der Waals surface area contributed by atoms with Crippen molar-refractivity contribution in [3.63, 3.8) is 0 Å². The van der Waals surface area contributed by atoms with Crippen molar-refractivity contribution in [2.75, 3.05) is 33.9 Å². The quantitative estimate of drug-likeness (QED) is 0.735. The van der Waals surface area contributed by atoms with Gasteiger partial charge in [-0.2, -0.15) is 4.98 Å². The number of rotatable bonds is 7. The van der Waals surface area contributed by atoms with Crippen molar-refractivity contribution in [1.29, 1.82) is 0 Å². The summed E-state index contributed by atoms with van der Waals surface area (Å²) in [5.74, 6) is 2.22. The molecule has 1 aliphatic heterocycles. The maximum absolute atomic E-state index is 13.0. The van der Waals surface area contributed by atoms with Gasteiger partial charge >= 0.3 is 0 Å². The molecule has 1 saturated heterocycles. The van der Waals surface area contributed by atoms with Crippen molar-refractivity contribution in [1.82, 2.24) is 15.0 Å². The average molecular weight is 375 g/mol. The van der Waals surface area contributed by atoms with Gasteiger partial charge in [0.2, 0.25) is 0 Å². The number of likely N-dealkylation sites (tertiary alicyclic amines) is 1. The van der Waals surface area contributed by atoms with Crippen LogP contribution in [0.3, 0.4) is 0 Å². The van der Waals surface area contributed by atoms with Gasteiger partial charge in [0.15, 0.2) is 5.82 Å². The minimum Gasteiger partial charge on any atom is -0.497 e. The molecule has 1 aromatic carbocycles. The number of amides is 1. The lowest BCUT2D eigenvalue weighted by Gasteiger charge is -2.31. The van der Waals surface area contributed by atoms with E-state index < -0.39 is 0 Å². The fraction of sp³-hybridized carbons (Fsp3) is 0.526. The second-order valence-corrected chi connectivity index (χ2v) is 6.34. The highest BCUT2D eigenvalue weighted by molar-refractivity contribution is 5.97. The molecule has 27 heavy (non-hydrogen) atoms. The number of carbonyl (C=O) groups excluding carboxylic acids is 1. The highest BCUT2D eigenvalue weighted by atomic mass is 16.5. The lowest BCUT2D eigenvalue weighted by Crippen LogP contribution is -2.39. The first-order valence-electron chi connectivity index (χ1n) is 9.07. The van der Waals surface area contributed by atoms with E-state index in [1.807, 2.05) is 11.8 Å². The molecule has 0 radical (unpaired) electrons. The monoisotopic (exact) mass is 375 g/mol. The predicted octanol–water partition coefficient (Wildman–Crippen LogP) is 2.64. The highest BCUT2D eigenvalue weighted by Gasteiger charge is 2.29. The summed E-state index contributed by atoms with van der Waals surface area (Å²) in [5.41, 5.74) is 0.518. The van der Waals surface area contributed by atoms with Crippen LogP contribution in [0.25, 0.3) is 0 Å². The molecule has 0 saturated carbocycles. The van der Waals surface area contributed by atoms with Gasteiger partial charge in [0.25, 0.3) is 11.8 Å². The van der Waals surface area contributed by atoms with Gasteiger partial charge in [0, 0.05) is 31.7 Å². The predicted molar refractivity (Wildman–Crippen MR) is 97.1 cm³/mol. The molecule has 1 amide bonds. The number of carbonyl (C=O) groups is 1. The first-order chi connectivity index (χ1) is 13.2. The lowest BCUT2D eigenvalue weighted by molar-refractivity contribution is 0.0700. The van der Waals surface area contributed by atoms with Crippen molar-refractivity contribution in [3.8, 4) is 11.5 Å². The van der Waals surface area contributed by atoms with E-state index in [1.54, 1.807) is 32.4 Å². The van der Waals surface area contributed by atoms with Gasteiger partial charge in [-0.3, -0.25) is 4.79 Å². The van der Waals surface area contributed by atoms with Gasteiger partial charge in [0.05, 0.1) is 19.8 Å². The van der Waals surface area contributed by atoms with E-state index in [-0.39, 0.29) is 11.8 Å². The van der Waals surface area contributed by atoms with Crippen LogP contribution in [0.15, 0.2) is 22.7 Å². The van der Waals surface area contributed by atoms with Gasteiger partial charge in [0.1, 0.15) is 18.1 Å². The number of piperidine rings is 1. The van der Waals surface area contributed by atoms with Crippen LogP contribution in [0, 0.1) is 0 Å². The Bertz CT molecular complexity index is 776. The molecule has 0 bridgehead atoms. The number of benzene rings is 1. The van der Waals surface area contributed by atoms with Crippen LogP contribution in [0.5, 0.6) is 11.5 Å². The van der Waals surface area contributed by atoms with Crippen LogP contribution in [0.4, 0.5) is 0 Å². The highest BCUT2D eigenvalue weighted by Crippen LogP contribution is 2.30. The molecule has 1 fully saturated rings. The minimum atomic E-state index is -0.0720. The topological polar surface area (TPSA) is 86.9 Å². The Morgan fingerprint density at radius 2 is 2.19 bits per heavy atom. The van der Waals surface area contributed by atoms with Gasteiger partial charge < -0.3 is 23.6 Å². The molecule has 1 atom stereocenters. The fourth-order valence-corrected chi connectivity index (χ4v) is 3.20. The maximum Gasteiger partial charge on any atom is 0.257 e. The Kier molecular flexibility index (Phi) is 6.28. The number of aromatic nitrogens is 2. The van der Waals surface area contributed by atoms with Crippen LogP contribution in [0.2, 0.25) is 0 Å². The standard InChI is InChI=1S/C19H25N3O5/c1-4-26-12-17-20-18(21-27-17)13-6-5-9-22(11-13)19(23)15-8-7-14(24-2)10-16(15)25-3/h7-8,10,13H,4-6,9,11-12H2,1-3H3. The van der Waals surface area contributed by atoms with Gasteiger partial charge in [-0.15, -0.1) is 0 Å². The third-order valence-electron chi connectivity index (χ3n) is 4.63. The van der Waals surface area contributed by atoms with Crippen molar-refractivity contribution in [3.05, 3.63) is 35.5 Å². The average Bonchev–Trinajstić information content (AvgIpc) is 3.20. The first-order valence-corrected chi connectivity index (χ1v) is 9.07. The second kappa shape index (κ2) is 8.85. The van der Waals surface area contributed by atoms with Crippen LogP contribution < -0.4 is 9.47 Å². The molecule has 8 heteroatoms. The summed E-state index contributed by atoms with van der Waals surface area (Å²) in [6, 6.07) is 5.21. The van der Waals surface area contributed by atoms with Gasteiger partial charge in [-0.1, -0.05) is 5.16 Å². The minimum absolute atomic E-state index is 0.0473. The van der Waals surface area contributed by atoms with E-state index in [0.29, 0.717) is 55.1 Å². The maximum atomic E-state index is 13.0. The van der Waals surface area contributed by atoms with E-state index in [2.05, 4.69) is 10.1 Å². The fourth-order valence-electron chi connectivity index (χ4n) is 3.20. The molecule has 146 valence electrons. The van der Waals surface area contributed by atoms with Crippen molar-refractivity contribution < 1.29 is 23.5 Å². The number of nitrogens with zero attached hydrogens (tertiary/aromatic N) is 3. The smallest absolute Gasteiger partial charge is 0.257 e. The SMILES string of the molecule is CCOCc1nc(C2CCCN(C(=O)c3ccc(OC)cc3OC)C2)no1. The van der Waals surface area contributed by atoms with Crippen molar-refractivity contribution in [2.45, 2.75) is 32.3 Å². The van der Waals surface area contributed by atoms with E-state index >= 15 is 0 Å². The molecule has 2 aromatic rings. The zero-order chi connectivity index (χ0) is 19.2. The molecule has 3 rings (SSSR count). The molecule has 2 heterocycles. The first kappa shape index (κ1) is 19.2. The summed E-state index contributed by atoms with van der Waals surface area (Å²) in [6.07, 6.45) is 1.79.